The smallest absolute Gasteiger partial charge is 0.193 e. The van der Waals surface area contributed by atoms with Gasteiger partial charge in [0, 0.05) is 0 Å². The summed E-state index contributed by atoms with van der Waals surface area (Å²) in [4.78, 5) is 0. The van der Waals surface area contributed by atoms with Crippen LogP contribution in [-0.4, -0.2) is 8.32 Å². The molecule has 0 saturated heterocycles. The van der Waals surface area contributed by atoms with Crippen LogP contribution in [0.4, 0.5) is 0 Å². The monoisotopic (exact) mass is 247 g/mol. The Morgan fingerprint density at radius 3 is 2.53 bits per heavy atom. The lowest BCUT2D eigenvalue weighted by molar-refractivity contribution is 0.232. The predicted octanol–water partition coefficient (Wildman–Crippen LogP) is 4.78. The summed E-state index contributed by atoms with van der Waals surface area (Å²) in [6, 6.07) is 8.67. The Balaban J connectivity index is 2.28. The van der Waals surface area contributed by atoms with Crippen molar-refractivity contribution in [3.05, 3.63) is 41.5 Å². The minimum atomic E-state index is -1.80. The standard InChI is InChI=1S/C15H22OSi/c1-15(2,3)17(4,5)16-14-11-10-12-8-6-7-9-13(12)14/h6-11,14H,1-5H3/i10D. The summed E-state index contributed by atoms with van der Waals surface area (Å²) in [5.41, 5.74) is 2.16. The van der Waals surface area contributed by atoms with Crippen LogP contribution < -0.4 is 0 Å². The van der Waals surface area contributed by atoms with Gasteiger partial charge in [0.1, 0.15) is 0 Å². The Hall–Kier alpha value is -0.863. The molecule has 0 saturated carbocycles. The molecule has 2 heteroatoms. The number of rotatable bonds is 2. The fraction of sp³-hybridized carbons (Fsp3) is 0.467. The van der Waals surface area contributed by atoms with Crippen LogP contribution in [0, 0.1) is 0 Å². The van der Waals surface area contributed by atoms with Gasteiger partial charge in [-0.2, -0.15) is 0 Å². The molecule has 92 valence electrons. The second-order valence-electron chi connectivity index (χ2n) is 6.20. The molecule has 0 aliphatic heterocycles. The largest absolute Gasteiger partial charge is 0.406 e. The van der Waals surface area contributed by atoms with Gasteiger partial charge in [0.15, 0.2) is 8.32 Å². The second kappa shape index (κ2) is 4.11. The highest BCUT2D eigenvalue weighted by atomic mass is 28.4. The zero-order valence-corrected chi connectivity index (χ0v) is 12.4. The molecule has 0 heterocycles. The molecule has 1 aliphatic carbocycles. The Kier molecular flexibility index (Phi) is 2.72. The molecular weight excluding hydrogens is 224 g/mol. The maximum Gasteiger partial charge on any atom is 0.193 e. The Morgan fingerprint density at radius 2 is 1.88 bits per heavy atom. The minimum Gasteiger partial charge on any atom is -0.406 e. The van der Waals surface area contributed by atoms with Crippen LogP contribution in [0.1, 0.15) is 39.4 Å². The first-order valence-electron chi connectivity index (χ1n) is 6.68. The summed E-state index contributed by atoms with van der Waals surface area (Å²) in [6.45, 7) is 11.2. The summed E-state index contributed by atoms with van der Waals surface area (Å²) in [5.74, 6) is 0. The topological polar surface area (TPSA) is 9.23 Å². The Bertz CT molecular complexity index is 486. The first-order chi connectivity index (χ1) is 8.22. The molecule has 0 aromatic heterocycles. The molecule has 0 radical (unpaired) electrons. The van der Waals surface area contributed by atoms with Gasteiger partial charge in [-0.05, 0) is 29.3 Å². The predicted molar refractivity (Wildman–Crippen MR) is 76.5 cm³/mol. The van der Waals surface area contributed by atoms with E-state index < -0.39 is 8.32 Å². The first kappa shape index (κ1) is 11.2. The van der Waals surface area contributed by atoms with Crippen LogP contribution in [0.2, 0.25) is 18.1 Å². The van der Waals surface area contributed by atoms with Gasteiger partial charge in [-0.25, -0.2) is 0 Å². The van der Waals surface area contributed by atoms with Gasteiger partial charge in [-0.3, -0.25) is 0 Å². The fourth-order valence-corrected chi connectivity index (χ4v) is 2.91. The Labute approximate surface area is 107 Å². The number of fused-ring (bicyclic) bond motifs is 1. The van der Waals surface area contributed by atoms with E-state index in [0.717, 1.165) is 11.1 Å². The quantitative estimate of drug-likeness (QED) is 0.684. The van der Waals surface area contributed by atoms with Crippen LogP contribution in [0.5, 0.6) is 0 Å². The van der Waals surface area contributed by atoms with Crippen molar-refractivity contribution in [2.24, 2.45) is 0 Å². The highest BCUT2D eigenvalue weighted by molar-refractivity contribution is 6.74. The van der Waals surface area contributed by atoms with E-state index in [4.69, 9.17) is 5.80 Å². The maximum atomic E-state index is 8.00. The highest BCUT2D eigenvalue weighted by Crippen LogP contribution is 2.42. The molecule has 1 nitrogen and oxygen atoms in total. The van der Waals surface area contributed by atoms with Gasteiger partial charge in [0.25, 0.3) is 0 Å². The zero-order chi connectivity index (χ0) is 13.6. The third-order valence-electron chi connectivity index (χ3n) is 3.89. The lowest BCUT2D eigenvalue weighted by atomic mass is 10.1. The maximum absolute atomic E-state index is 8.00. The molecule has 0 spiro atoms. The van der Waals surface area contributed by atoms with E-state index in [9.17, 15) is 0 Å². The average molecular weight is 247 g/mol. The minimum absolute atomic E-state index is 0.0328. The number of hydrogen-bond acceptors (Lipinski definition) is 1. The van der Waals surface area contributed by atoms with Gasteiger partial charge in [0.05, 0.1) is 7.47 Å². The van der Waals surface area contributed by atoms with Crippen molar-refractivity contribution in [1.29, 1.82) is 0 Å². The van der Waals surface area contributed by atoms with Crippen molar-refractivity contribution >= 4 is 14.4 Å². The van der Waals surface area contributed by atoms with Crippen LogP contribution in [0.3, 0.4) is 0 Å². The van der Waals surface area contributed by atoms with E-state index in [0.29, 0.717) is 6.05 Å². The van der Waals surface area contributed by atoms with Crippen LogP contribution >= 0.6 is 0 Å². The molecule has 0 fully saturated rings. The van der Waals surface area contributed by atoms with Gasteiger partial charge in [0.2, 0.25) is 0 Å². The molecule has 0 bridgehead atoms. The molecule has 1 unspecified atom stereocenters. The van der Waals surface area contributed by atoms with Gasteiger partial charge in [-0.1, -0.05) is 57.2 Å². The third kappa shape index (κ3) is 2.38. The van der Waals surface area contributed by atoms with Crippen molar-refractivity contribution in [2.45, 2.75) is 45.0 Å². The second-order valence-corrected chi connectivity index (χ2v) is 11.0. The van der Waals surface area contributed by atoms with E-state index in [1.165, 1.54) is 0 Å². The highest BCUT2D eigenvalue weighted by Gasteiger charge is 2.39. The first-order valence-corrected chi connectivity index (χ1v) is 9.09. The summed E-state index contributed by atoms with van der Waals surface area (Å²) in [7, 11) is -1.80. The van der Waals surface area contributed by atoms with Gasteiger partial charge >= 0.3 is 0 Å². The molecule has 17 heavy (non-hydrogen) atoms. The Morgan fingerprint density at radius 1 is 1.24 bits per heavy atom. The molecule has 1 aliphatic rings. The van der Waals surface area contributed by atoms with E-state index in [1.54, 1.807) is 0 Å². The molecular formula is C15H22OSi. The molecule has 0 amide bonds. The van der Waals surface area contributed by atoms with Crippen molar-refractivity contribution < 1.29 is 5.80 Å². The zero-order valence-electron chi connectivity index (χ0n) is 12.4. The summed E-state index contributed by atoms with van der Waals surface area (Å²) in [6.07, 6.45) is 1.90. The van der Waals surface area contributed by atoms with Crippen LogP contribution in [0.15, 0.2) is 30.3 Å². The lowest BCUT2D eigenvalue weighted by Crippen LogP contribution is -2.41. The fourth-order valence-electron chi connectivity index (χ4n) is 1.72. The molecule has 1 aromatic rings. The molecule has 2 rings (SSSR count). The van der Waals surface area contributed by atoms with E-state index in [1.807, 2.05) is 24.3 Å². The van der Waals surface area contributed by atoms with E-state index in [-0.39, 0.29) is 11.1 Å². The van der Waals surface area contributed by atoms with E-state index in [2.05, 4.69) is 39.9 Å². The van der Waals surface area contributed by atoms with Crippen LogP contribution in [0.25, 0.3) is 6.05 Å². The average Bonchev–Trinajstić information content (AvgIpc) is 2.55. The van der Waals surface area contributed by atoms with Crippen LogP contribution in [-0.2, 0) is 4.43 Å². The summed E-state index contributed by atoms with van der Waals surface area (Å²) >= 11 is 0. The molecule has 0 N–H and O–H groups in total. The number of benzene rings is 1. The third-order valence-corrected chi connectivity index (χ3v) is 8.34. The van der Waals surface area contributed by atoms with Crippen molar-refractivity contribution in [1.82, 2.24) is 0 Å². The van der Waals surface area contributed by atoms with Crippen molar-refractivity contribution in [2.75, 3.05) is 0 Å². The normalized spacial score (nSPS) is 20.9. The number of hydrogen-bond donors (Lipinski definition) is 0. The molecule has 1 aromatic carbocycles. The van der Waals surface area contributed by atoms with Gasteiger partial charge in [-0.15, -0.1) is 0 Å². The van der Waals surface area contributed by atoms with Crippen molar-refractivity contribution in [3.8, 4) is 0 Å². The summed E-state index contributed by atoms with van der Waals surface area (Å²) in [5, 5.41) is 0.195. The van der Waals surface area contributed by atoms with Gasteiger partial charge < -0.3 is 4.43 Å². The van der Waals surface area contributed by atoms with Crippen molar-refractivity contribution in [3.63, 3.8) is 0 Å². The molecule has 1 atom stereocenters. The lowest BCUT2D eigenvalue weighted by Gasteiger charge is -2.38. The van der Waals surface area contributed by atoms with E-state index >= 15 is 0 Å². The SMILES string of the molecule is [2H]C1=CC(O[Si](C)(C)C(C)(C)C)c2ccccc21. The summed E-state index contributed by atoms with van der Waals surface area (Å²) < 4.78 is 14.4.